The fourth-order valence-electron chi connectivity index (χ4n) is 3.99. The third-order valence-electron chi connectivity index (χ3n) is 5.35. The number of rotatable bonds is 10. The molecule has 0 spiro atoms. The van der Waals surface area contributed by atoms with E-state index in [1.54, 1.807) is 13.8 Å². The maximum atomic E-state index is 13.4. The molecule has 0 saturated carbocycles. The first kappa shape index (κ1) is 23.8. The van der Waals surface area contributed by atoms with Crippen molar-refractivity contribution in [2.24, 2.45) is 11.7 Å². The number of carbonyl (C=O) groups is 3. The van der Waals surface area contributed by atoms with E-state index in [2.05, 4.69) is 0 Å². The van der Waals surface area contributed by atoms with Gasteiger partial charge in [0, 0.05) is 31.2 Å². The minimum absolute atomic E-state index is 0.0808. The van der Waals surface area contributed by atoms with Gasteiger partial charge in [-0.05, 0) is 52.5 Å². The fraction of sp³-hybridized carbons (Fsp3) is 0.842. The minimum atomic E-state index is -3.05. The average molecular weight is 431 g/mol. The van der Waals surface area contributed by atoms with Crippen molar-refractivity contribution in [1.29, 1.82) is 0 Å². The van der Waals surface area contributed by atoms with Gasteiger partial charge < -0.3 is 15.0 Å². The number of esters is 1. The molecule has 166 valence electrons. The van der Waals surface area contributed by atoms with E-state index in [-0.39, 0.29) is 31.0 Å². The molecule has 0 bridgehead atoms. The van der Waals surface area contributed by atoms with Crippen LogP contribution < -0.4 is 5.73 Å². The van der Waals surface area contributed by atoms with Gasteiger partial charge in [0.2, 0.25) is 19.2 Å². The lowest BCUT2D eigenvalue weighted by atomic mass is 10.0. The summed E-state index contributed by atoms with van der Waals surface area (Å²) in [5, 5.41) is 2.66. The maximum Gasteiger partial charge on any atom is 0.330 e. The Bertz CT molecular complexity index is 643. The number of hydrogen-bond acceptors (Lipinski definition) is 7. The molecule has 10 heteroatoms. The molecular formula is C19H34N3O6P. The number of nitrogens with zero attached hydrogens (tertiary/aromatic N) is 2. The van der Waals surface area contributed by atoms with Crippen LogP contribution in [-0.2, 0) is 28.2 Å². The second-order valence-corrected chi connectivity index (χ2v) is 10.2. The van der Waals surface area contributed by atoms with Crippen molar-refractivity contribution in [2.75, 3.05) is 38.6 Å². The molecule has 3 atom stereocenters. The molecule has 2 N–H and O–H groups in total. The highest BCUT2D eigenvalue weighted by Gasteiger charge is 2.46. The van der Waals surface area contributed by atoms with Crippen LogP contribution in [0.15, 0.2) is 0 Å². The summed E-state index contributed by atoms with van der Waals surface area (Å²) in [6.07, 6.45) is 3.39. The molecule has 2 rings (SSSR count). The molecular weight excluding hydrogens is 397 g/mol. The molecule has 0 radical (unpaired) electrons. The average Bonchev–Trinajstić information content (AvgIpc) is 2.81. The van der Waals surface area contributed by atoms with E-state index < -0.39 is 25.3 Å². The second kappa shape index (κ2) is 11.1. The third-order valence-corrected chi connectivity index (χ3v) is 8.07. The fourth-order valence-corrected chi connectivity index (χ4v) is 6.59. The number of nitrogens with two attached hydrogens (primary N) is 1. The molecule has 0 aromatic heterocycles. The highest BCUT2D eigenvalue weighted by molar-refractivity contribution is 7.59. The van der Waals surface area contributed by atoms with Crippen LogP contribution in [-0.4, -0.2) is 72.5 Å². The Morgan fingerprint density at radius 2 is 1.97 bits per heavy atom. The second-order valence-electron chi connectivity index (χ2n) is 7.48. The first-order chi connectivity index (χ1) is 13.9. The quantitative estimate of drug-likeness (QED) is 0.318. The van der Waals surface area contributed by atoms with E-state index in [1.807, 2.05) is 0 Å². The summed E-state index contributed by atoms with van der Waals surface area (Å²) in [6.45, 7) is 4.88. The molecule has 1 unspecified atom stereocenters. The molecule has 2 amide bonds. The van der Waals surface area contributed by atoms with Crippen molar-refractivity contribution in [3.8, 4) is 0 Å². The van der Waals surface area contributed by atoms with Crippen molar-refractivity contribution in [3.05, 3.63) is 0 Å². The predicted octanol–water partition coefficient (Wildman–Crippen LogP) is 1.75. The van der Waals surface area contributed by atoms with Crippen molar-refractivity contribution >= 4 is 25.2 Å². The number of carbonyl (C=O) groups excluding carboxylic acids is 3. The summed E-state index contributed by atoms with van der Waals surface area (Å²) >= 11 is 0. The molecule has 2 heterocycles. The Kier molecular flexibility index (Phi) is 9.11. The highest BCUT2D eigenvalue weighted by Crippen LogP contribution is 2.50. The molecule has 2 aliphatic rings. The monoisotopic (exact) mass is 431 g/mol. The van der Waals surface area contributed by atoms with Gasteiger partial charge in [-0.25, -0.2) is 9.80 Å². The van der Waals surface area contributed by atoms with Crippen molar-refractivity contribution in [3.63, 3.8) is 0 Å². The summed E-state index contributed by atoms with van der Waals surface area (Å²) < 4.78 is 24.1. The van der Waals surface area contributed by atoms with Gasteiger partial charge >= 0.3 is 5.97 Å². The van der Waals surface area contributed by atoms with Crippen LogP contribution >= 0.6 is 7.37 Å². The summed E-state index contributed by atoms with van der Waals surface area (Å²) in [4.78, 5) is 38.5. The highest BCUT2D eigenvalue weighted by atomic mass is 31.2. The lowest BCUT2D eigenvalue weighted by Crippen LogP contribution is -2.60. The van der Waals surface area contributed by atoms with E-state index in [0.717, 1.165) is 6.42 Å². The standard InChI is InChI=1S/C19H34N3O6P/c1-3-27-19(25)16-8-7-12-21-17(23)10-9-15(18(24)22(16)21)14-29(26,28-4-2)13-6-5-11-20/h15-16H,3-14,20H2,1-2H3/t15-,16+,29?/m1/s1. The largest absolute Gasteiger partial charge is 0.464 e. The van der Waals surface area contributed by atoms with Gasteiger partial charge in [0.1, 0.15) is 0 Å². The Morgan fingerprint density at radius 3 is 2.62 bits per heavy atom. The number of unbranched alkanes of at least 4 members (excludes halogenated alkanes) is 1. The van der Waals surface area contributed by atoms with Crippen molar-refractivity contribution in [2.45, 2.75) is 58.4 Å². The SMILES string of the molecule is CCOC(=O)[C@@H]1CCCN2C(=O)CC[C@H](CP(=O)(CCCCN)OCC)C(=O)N12. The number of fused-ring (bicyclic) bond motifs is 1. The zero-order valence-corrected chi connectivity index (χ0v) is 18.4. The smallest absolute Gasteiger partial charge is 0.330 e. The summed E-state index contributed by atoms with van der Waals surface area (Å²) in [6, 6.07) is -0.815. The van der Waals surface area contributed by atoms with E-state index >= 15 is 0 Å². The number of amides is 2. The van der Waals surface area contributed by atoms with Crippen LogP contribution in [0.25, 0.3) is 0 Å². The van der Waals surface area contributed by atoms with Crippen LogP contribution in [0.5, 0.6) is 0 Å². The first-order valence-corrected chi connectivity index (χ1v) is 12.6. The van der Waals surface area contributed by atoms with Gasteiger partial charge in [-0.3, -0.25) is 19.2 Å². The Balaban J connectivity index is 2.24. The van der Waals surface area contributed by atoms with Gasteiger partial charge in [0.05, 0.1) is 13.2 Å². The van der Waals surface area contributed by atoms with E-state index in [1.165, 1.54) is 10.0 Å². The predicted molar refractivity (Wildman–Crippen MR) is 108 cm³/mol. The van der Waals surface area contributed by atoms with Gasteiger partial charge in [-0.15, -0.1) is 0 Å². The molecule has 0 aromatic carbocycles. The van der Waals surface area contributed by atoms with Gasteiger partial charge in [0.25, 0.3) is 0 Å². The molecule has 2 saturated heterocycles. The van der Waals surface area contributed by atoms with Crippen LogP contribution in [0.2, 0.25) is 0 Å². The Hall–Kier alpha value is -1.44. The minimum Gasteiger partial charge on any atom is -0.464 e. The maximum absolute atomic E-state index is 13.4. The Morgan fingerprint density at radius 1 is 1.21 bits per heavy atom. The van der Waals surface area contributed by atoms with E-state index in [9.17, 15) is 18.9 Å². The van der Waals surface area contributed by atoms with E-state index in [0.29, 0.717) is 51.5 Å². The number of hydrogen-bond donors (Lipinski definition) is 1. The molecule has 2 fully saturated rings. The molecule has 29 heavy (non-hydrogen) atoms. The summed E-state index contributed by atoms with van der Waals surface area (Å²) in [7, 11) is -3.05. The lowest BCUT2D eigenvalue weighted by molar-refractivity contribution is -0.183. The summed E-state index contributed by atoms with van der Waals surface area (Å²) in [5.41, 5.74) is 5.54. The molecule has 0 aliphatic carbocycles. The van der Waals surface area contributed by atoms with Crippen LogP contribution in [0.4, 0.5) is 0 Å². The molecule has 0 aromatic rings. The zero-order chi connectivity index (χ0) is 21.4. The van der Waals surface area contributed by atoms with Gasteiger partial charge in [-0.2, -0.15) is 0 Å². The van der Waals surface area contributed by atoms with E-state index in [4.69, 9.17) is 15.0 Å². The van der Waals surface area contributed by atoms with Crippen LogP contribution in [0, 0.1) is 5.92 Å². The Labute approximate surface area is 172 Å². The molecule has 2 aliphatic heterocycles. The van der Waals surface area contributed by atoms with Crippen molar-refractivity contribution < 1.29 is 28.2 Å². The number of ether oxygens (including phenoxy) is 1. The van der Waals surface area contributed by atoms with Crippen molar-refractivity contribution in [1.82, 2.24) is 10.0 Å². The lowest BCUT2D eigenvalue weighted by Gasteiger charge is -2.42. The zero-order valence-electron chi connectivity index (χ0n) is 17.5. The first-order valence-electron chi connectivity index (χ1n) is 10.6. The third kappa shape index (κ3) is 6.03. The molecule has 9 nitrogen and oxygen atoms in total. The van der Waals surface area contributed by atoms with Crippen LogP contribution in [0.3, 0.4) is 0 Å². The summed E-state index contributed by atoms with van der Waals surface area (Å²) in [5.74, 6) is -1.67. The number of hydrazine groups is 1. The van der Waals surface area contributed by atoms with Crippen LogP contribution in [0.1, 0.15) is 52.4 Å². The van der Waals surface area contributed by atoms with Gasteiger partial charge in [0.15, 0.2) is 6.04 Å². The topological polar surface area (TPSA) is 119 Å². The normalized spacial score (nSPS) is 24.7. The van der Waals surface area contributed by atoms with Gasteiger partial charge in [-0.1, -0.05) is 0 Å².